The van der Waals surface area contributed by atoms with Crippen molar-refractivity contribution in [3.63, 3.8) is 0 Å². The van der Waals surface area contributed by atoms with E-state index in [1.54, 1.807) is 17.8 Å². The summed E-state index contributed by atoms with van der Waals surface area (Å²) in [6.45, 7) is 4.48. The molecule has 35 heavy (non-hydrogen) atoms. The maximum atomic E-state index is 12.9. The summed E-state index contributed by atoms with van der Waals surface area (Å²) in [7, 11) is 1.32. The molecule has 0 saturated heterocycles. The van der Waals surface area contributed by atoms with Gasteiger partial charge in [-0.3, -0.25) is 4.79 Å². The number of thiol groups is 1. The number of rotatable bonds is 12. The monoisotopic (exact) mass is 542 g/mol. The Morgan fingerprint density at radius 3 is 2.29 bits per heavy atom. The molecule has 13 heteroatoms. The normalized spacial score (nSPS) is 12.7. The number of esters is 1. The molecule has 0 heterocycles. The number of thioether (sulfide) groups is 1. The molecule has 0 aliphatic carbocycles. The van der Waals surface area contributed by atoms with Gasteiger partial charge < -0.3 is 25.6 Å². The van der Waals surface area contributed by atoms with Crippen LogP contribution >= 0.6 is 24.4 Å². The van der Waals surface area contributed by atoms with E-state index in [4.69, 9.17) is 25.1 Å². The molecule has 0 saturated carbocycles. The van der Waals surface area contributed by atoms with Crippen molar-refractivity contribution >= 4 is 42.2 Å². The lowest BCUT2D eigenvalue weighted by molar-refractivity contribution is -0.192. The average Bonchev–Trinajstić information content (AvgIpc) is 2.80. The van der Waals surface area contributed by atoms with Crippen molar-refractivity contribution in [1.29, 1.82) is 0 Å². The third-order valence-corrected chi connectivity index (χ3v) is 5.64. The van der Waals surface area contributed by atoms with Crippen LogP contribution in [0, 0.1) is 0 Å². The summed E-state index contributed by atoms with van der Waals surface area (Å²) in [6.07, 6.45) is -1.95. The quantitative estimate of drug-likeness (QED) is 0.234. The van der Waals surface area contributed by atoms with Gasteiger partial charge in [-0.1, -0.05) is 19.9 Å². The average molecular weight is 543 g/mol. The second kappa shape index (κ2) is 16.5. The molecule has 0 radical (unpaired) electrons. The SMILES string of the molecule is COC(=O)[C@H](CCSC)NC(=O)c1cc(OCC[C@@H](N)CS)ccc1C(C)C.O=C(O)C(F)(F)F. The van der Waals surface area contributed by atoms with Gasteiger partial charge in [-0.15, -0.1) is 0 Å². The van der Waals surface area contributed by atoms with E-state index < -0.39 is 24.2 Å². The van der Waals surface area contributed by atoms with Gasteiger partial charge in [0.15, 0.2) is 0 Å². The molecule has 0 aromatic heterocycles. The van der Waals surface area contributed by atoms with Gasteiger partial charge in [0, 0.05) is 17.4 Å². The van der Waals surface area contributed by atoms with Crippen LogP contribution in [-0.4, -0.2) is 72.7 Å². The summed E-state index contributed by atoms with van der Waals surface area (Å²) in [5.74, 6) is -1.43. The summed E-state index contributed by atoms with van der Waals surface area (Å²) in [6, 6.07) is 4.76. The fourth-order valence-electron chi connectivity index (χ4n) is 2.61. The van der Waals surface area contributed by atoms with E-state index in [2.05, 4.69) is 17.9 Å². The minimum absolute atomic E-state index is 0.0294. The van der Waals surface area contributed by atoms with Crippen molar-refractivity contribution in [3.05, 3.63) is 29.3 Å². The number of benzene rings is 1. The number of ether oxygens (including phenoxy) is 2. The van der Waals surface area contributed by atoms with Crippen LogP contribution in [0.25, 0.3) is 0 Å². The highest BCUT2D eigenvalue weighted by molar-refractivity contribution is 7.98. The van der Waals surface area contributed by atoms with Crippen molar-refractivity contribution in [3.8, 4) is 5.75 Å². The first kappa shape index (κ1) is 32.9. The largest absolute Gasteiger partial charge is 0.494 e. The van der Waals surface area contributed by atoms with E-state index in [9.17, 15) is 22.8 Å². The molecule has 1 rings (SSSR count). The molecule has 200 valence electrons. The van der Waals surface area contributed by atoms with Gasteiger partial charge in [-0.25, -0.2) is 9.59 Å². The molecule has 0 spiro atoms. The Kier molecular flexibility index (Phi) is 15.5. The zero-order valence-electron chi connectivity index (χ0n) is 20.1. The zero-order valence-corrected chi connectivity index (χ0v) is 21.8. The van der Waals surface area contributed by atoms with Gasteiger partial charge in [0.25, 0.3) is 5.91 Å². The topological polar surface area (TPSA) is 128 Å². The Bertz CT molecular complexity index is 825. The fourth-order valence-corrected chi connectivity index (χ4v) is 3.26. The maximum Gasteiger partial charge on any atom is 0.490 e. The number of carbonyl (C=O) groups is 3. The van der Waals surface area contributed by atoms with E-state index >= 15 is 0 Å². The highest BCUT2D eigenvalue weighted by Crippen LogP contribution is 2.25. The van der Waals surface area contributed by atoms with Crippen LogP contribution < -0.4 is 15.8 Å². The van der Waals surface area contributed by atoms with Gasteiger partial charge in [-0.05, 0) is 48.5 Å². The number of carboxylic acids is 1. The van der Waals surface area contributed by atoms with Crippen LogP contribution in [0.15, 0.2) is 18.2 Å². The summed E-state index contributed by atoms with van der Waals surface area (Å²) < 4.78 is 42.3. The predicted molar refractivity (Wildman–Crippen MR) is 132 cm³/mol. The van der Waals surface area contributed by atoms with E-state index in [0.29, 0.717) is 36.5 Å². The summed E-state index contributed by atoms with van der Waals surface area (Å²) >= 11 is 5.77. The van der Waals surface area contributed by atoms with E-state index in [0.717, 1.165) is 11.3 Å². The molecule has 1 aromatic carbocycles. The molecular formula is C22H33F3N2O6S2. The van der Waals surface area contributed by atoms with Crippen LogP contribution in [-0.2, 0) is 14.3 Å². The first-order valence-electron chi connectivity index (χ1n) is 10.6. The van der Waals surface area contributed by atoms with Gasteiger partial charge in [0.05, 0.1) is 13.7 Å². The fraction of sp³-hybridized carbons (Fsp3) is 0.591. The number of hydrogen-bond acceptors (Lipinski definition) is 8. The van der Waals surface area contributed by atoms with Crippen molar-refractivity contribution in [2.45, 2.75) is 50.9 Å². The molecule has 0 aliphatic rings. The molecule has 0 bridgehead atoms. The van der Waals surface area contributed by atoms with Crippen LogP contribution in [0.1, 0.15) is 48.5 Å². The Morgan fingerprint density at radius 1 is 1.23 bits per heavy atom. The molecule has 8 nitrogen and oxygen atoms in total. The van der Waals surface area contributed by atoms with Crippen molar-refractivity contribution < 1.29 is 42.1 Å². The Labute approximate surface area is 212 Å². The predicted octanol–water partition coefficient (Wildman–Crippen LogP) is 3.49. The number of alkyl halides is 3. The highest BCUT2D eigenvalue weighted by atomic mass is 32.2. The van der Waals surface area contributed by atoms with Gasteiger partial charge in [-0.2, -0.15) is 37.6 Å². The summed E-state index contributed by atoms with van der Waals surface area (Å²) in [4.78, 5) is 33.8. The number of amides is 1. The summed E-state index contributed by atoms with van der Waals surface area (Å²) in [5.41, 5.74) is 7.25. The lowest BCUT2D eigenvalue weighted by Crippen LogP contribution is -2.42. The molecule has 2 atom stereocenters. The number of carboxylic acid groups (broad SMARTS) is 1. The minimum atomic E-state index is -5.08. The molecule has 0 aliphatic heterocycles. The van der Waals surface area contributed by atoms with Gasteiger partial charge in [0.1, 0.15) is 11.8 Å². The second-order valence-electron chi connectivity index (χ2n) is 7.62. The summed E-state index contributed by atoms with van der Waals surface area (Å²) in [5, 5.41) is 9.94. The smallest absolute Gasteiger partial charge is 0.490 e. The number of halogens is 3. The number of nitrogens with two attached hydrogens (primary N) is 1. The molecule has 4 N–H and O–H groups in total. The standard InChI is InChI=1S/C20H32N2O4S2.C2HF3O2/c1-13(2)16-6-5-15(26-9-7-14(21)12-27)11-17(16)19(23)22-18(8-10-28-4)20(24)25-3;3-2(4,5)1(6)7/h5-6,11,13-14,18,27H,7-10,12,21H2,1-4H3,(H,22,23);(H,6,7)/t14-,18+;/m1./s1. The lowest BCUT2D eigenvalue weighted by atomic mass is 9.96. The van der Waals surface area contributed by atoms with Crippen LogP contribution in [0.2, 0.25) is 0 Å². The van der Waals surface area contributed by atoms with Crippen molar-refractivity contribution in [2.75, 3.05) is 31.5 Å². The second-order valence-corrected chi connectivity index (χ2v) is 8.97. The molecule has 1 aromatic rings. The first-order chi connectivity index (χ1) is 16.3. The van der Waals surface area contributed by atoms with Crippen LogP contribution in [0.3, 0.4) is 0 Å². The highest BCUT2D eigenvalue weighted by Gasteiger charge is 2.38. The molecule has 0 unspecified atom stereocenters. The van der Waals surface area contributed by atoms with Crippen molar-refractivity contribution in [2.24, 2.45) is 5.73 Å². The van der Waals surface area contributed by atoms with E-state index in [-0.39, 0.29) is 17.9 Å². The maximum absolute atomic E-state index is 12.9. The lowest BCUT2D eigenvalue weighted by Gasteiger charge is -2.19. The number of aliphatic carboxylic acids is 1. The third kappa shape index (κ3) is 13.0. The number of nitrogens with one attached hydrogen (secondary N) is 1. The number of carbonyl (C=O) groups excluding carboxylic acids is 2. The van der Waals surface area contributed by atoms with Gasteiger partial charge in [0.2, 0.25) is 0 Å². The van der Waals surface area contributed by atoms with Crippen LogP contribution in [0.5, 0.6) is 5.75 Å². The Balaban J connectivity index is 0.00000143. The molecule has 0 fully saturated rings. The molecular weight excluding hydrogens is 509 g/mol. The first-order valence-corrected chi connectivity index (χ1v) is 12.6. The number of methoxy groups -OCH3 is 1. The zero-order chi connectivity index (χ0) is 27.2. The van der Waals surface area contributed by atoms with Crippen LogP contribution in [0.4, 0.5) is 13.2 Å². The van der Waals surface area contributed by atoms with E-state index in [1.165, 1.54) is 7.11 Å². The molecule has 1 amide bonds. The van der Waals surface area contributed by atoms with Gasteiger partial charge >= 0.3 is 18.1 Å². The minimum Gasteiger partial charge on any atom is -0.494 e. The van der Waals surface area contributed by atoms with Crippen molar-refractivity contribution in [1.82, 2.24) is 5.32 Å². The third-order valence-electron chi connectivity index (χ3n) is 4.53. The van der Waals surface area contributed by atoms with E-state index in [1.807, 2.05) is 32.2 Å². The Hall–Kier alpha value is -2.12. The number of hydrogen-bond donors (Lipinski definition) is 4. The Morgan fingerprint density at radius 2 is 1.83 bits per heavy atom.